The molecule has 0 saturated carbocycles. The smallest absolute Gasteiger partial charge is 0.229 e. The van der Waals surface area contributed by atoms with E-state index in [9.17, 15) is 0 Å². The van der Waals surface area contributed by atoms with E-state index >= 15 is 0 Å². The molecule has 7 nitrogen and oxygen atoms in total. The number of aromatic nitrogens is 2. The van der Waals surface area contributed by atoms with Crippen LogP contribution in [0.1, 0.15) is 25.2 Å². The first kappa shape index (κ1) is 23.1. The number of nitrogens with zero attached hydrogens (tertiary/aromatic N) is 3. The zero-order valence-corrected chi connectivity index (χ0v) is 19.6. The summed E-state index contributed by atoms with van der Waals surface area (Å²) in [7, 11) is 0. The topological polar surface area (TPSA) is 86.3 Å². The molecule has 0 aliphatic carbocycles. The highest BCUT2D eigenvalue weighted by Crippen LogP contribution is 2.18. The van der Waals surface area contributed by atoms with Crippen molar-refractivity contribution in [3.63, 3.8) is 0 Å². The van der Waals surface area contributed by atoms with E-state index in [0.29, 0.717) is 29.5 Å². The molecule has 4 N–H and O–H groups in total. The fourth-order valence-electron chi connectivity index (χ4n) is 2.87. The van der Waals surface area contributed by atoms with Crippen LogP contribution in [0, 0.1) is 19.8 Å². The van der Waals surface area contributed by atoms with E-state index in [1.807, 2.05) is 74.5 Å². The van der Waals surface area contributed by atoms with E-state index in [1.165, 1.54) is 0 Å². The molecule has 0 aliphatic rings. The predicted octanol–water partition coefficient (Wildman–Crippen LogP) is 5.25. The Labute approximate surface area is 194 Å². The van der Waals surface area contributed by atoms with Crippen molar-refractivity contribution in [1.82, 2.24) is 15.3 Å². The lowest BCUT2D eigenvalue weighted by Crippen LogP contribution is -2.39. The van der Waals surface area contributed by atoms with Crippen LogP contribution in [0.2, 0.25) is 0 Å². The highest BCUT2D eigenvalue weighted by Gasteiger charge is 2.08. The normalized spacial score (nSPS) is 11.2. The average molecular weight is 448 g/mol. The van der Waals surface area contributed by atoms with Crippen LogP contribution >= 0.6 is 12.2 Å². The summed E-state index contributed by atoms with van der Waals surface area (Å²) in [6.45, 7) is 8.72. The molecule has 0 spiro atoms. The van der Waals surface area contributed by atoms with E-state index in [-0.39, 0.29) is 0 Å². The molecule has 1 aromatic heterocycles. The molecular formula is C24H29N7S. The van der Waals surface area contributed by atoms with Crippen LogP contribution in [0.4, 0.5) is 23.0 Å². The van der Waals surface area contributed by atoms with Crippen LogP contribution in [0.15, 0.2) is 65.7 Å². The van der Waals surface area contributed by atoms with Gasteiger partial charge in [-0.1, -0.05) is 32.0 Å². The Bertz CT molecular complexity index is 1040. The van der Waals surface area contributed by atoms with Gasteiger partial charge in [0.1, 0.15) is 0 Å². The lowest BCUT2D eigenvalue weighted by Gasteiger charge is -2.15. The van der Waals surface area contributed by atoms with Crippen LogP contribution in [-0.2, 0) is 0 Å². The molecule has 0 fully saturated rings. The van der Waals surface area contributed by atoms with Gasteiger partial charge in [-0.15, -0.1) is 0 Å². The van der Waals surface area contributed by atoms with E-state index in [1.54, 1.807) is 0 Å². The number of benzene rings is 2. The summed E-state index contributed by atoms with van der Waals surface area (Å²) in [5, 5.41) is 13.3. The van der Waals surface area contributed by atoms with Crippen molar-refractivity contribution in [1.29, 1.82) is 0 Å². The number of rotatable bonds is 6. The van der Waals surface area contributed by atoms with Crippen molar-refractivity contribution in [2.45, 2.75) is 27.7 Å². The van der Waals surface area contributed by atoms with Crippen molar-refractivity contribution in [3.05, 3.63) is 72.1 Å². The molecule has 8 heteroatoms. The highest BCUT2D eigenvalue weighted by atomic mass is 32.1. The fraction of sp³-hybridized carbons (Fsp3) is 0.250. The van der Waals surface area contributed by atoms with Crippen molar-refractivity contribution in [2.75, 3.05) is 22.5 Å². The second-order valence-corrected chi connectivity index (χ2v) is 8.24. The number of hydrogen-bond donors (Lipinski definition) is 4. The molecule has 3 aromatic rings. The zero-order chi connectivity index (χ0) is 22.9. The SMILES string of the molecule is Cc1cc(C)nc(NC(=NCC(C)C)NC(=S)Nc2ccc(Nc3ccccc3)cc2)n1. The number of anilines is 4. The summed E-state index contributed by atoms with van der Waals surface area (Å²) in [5.74, 6) is 1.39. The van der Waals surface area contributed by atoms with Gasteiger partial charge in [-0.3, -0.25) is 10.3 Å². The second kappa shape index (κ2) is 11.2. The predicted molar refractivity (Wildman–Crippen MR) is 138 cm³/mol. The number of aliphatic imine (C=N–C) groups is 1. The maximum Gasteiger partial charge on any atom is 0.229 e. The number of para-hydroxylation sites is 1. The summed E-state index contributed by atoms with van der Waals surface area (Å²) in [6, 6.07) is 19.9. The lowest BCUT2D eigenvalue weighted by atomic mass is 10.2. The summed E-state index contributed by atoms with van der Waals surface area (Å²) in [6.07, 6.45) is 0. The first-order valence-corrected chi connectivity index (χ1v) is 10.9. The molecule has 0 saturated heterocycles. The summed E-state index contributed by atoms with van der Waals surface area (Å²) >= 11 is 5.50. The van der Waals surface area contributed by atoms with E-state index in [2.05, 4.69) is 50.1 Å². The van der Waals surface area contributed by atoms with Gasteiger partial charge >= 0.3 is 0 Å². The Hall–Kier alpha value is -3.52. The molecule has 0 aliphatic heterocycles. The van der Waals surface area contributed by atoms with Gasteiger partial charge in [-0.25, -0.2) is 9.97 Å². The minimum Gasteiger partial charge on any atom is -0.356 e. The zero-order valence-electron chi connectivity index (χ0n) is 18.8. The Morgan fingerprint density at radius 3 is 2.09 bits per heavy atom. The van der Waals surface area contributed by atoms with Crippen LogP contribution in [-0.4, -0.2) is 27.6 Å². The van der Waals surface area contributed by atoms with Gasteiger partial charge in [0.05, 0.1) is 0 Å². The maximum atomic E-state index is 5.50. The largest absolute Gasteiger partial charge is 0.356 e. The second-order valence-electron chi connectivity index (χ2n) is 7.83. The third-order valence-corrected chi connectivity index (χ3v) is 4.47. The monoisotopic (exact) mass is 447 g/mol. The number of aryl methyl sites for hydroxylation is 2. The molecule has 166 valence electrons. The van der Waals surface area contributed by atoms with Crippen molar-refractivity contribution in [3.8, 4) is 0 Å². The molecule has 32 heavy (non-hydrogen) atoms. The Morgan fingerprint density at radius 1 is 0.875 bits per heavy atom. The number of guanidine groups is 1. The van der Waals surface area contributed by atoms with Gasteiger partial charge < -0.3 is 16.0 Å². The van der Waals surface area contributed by atoms with Crippen molar-refractivity contribution < 1.29 is 0 Å². The third-order valence-electron chi connectivity index (χ3n) is 4.26. The van der Waals surface area contributed by atoms with Gasteiger partial charge in [-0.05, 0) is 74.4 Å². The number of hydrogen-bond acceptors (Lipinski definition) is 5. The molecule has 1 heterocycles. The standard InChI is InChI=1S/C24H29N7S/c1-16(2)15-25-22(30-23-26-17(3)14-18(4)27-23)31-24(32)29-21-12-10-20(11-13-21)28-19-8-6-5-7-9-19/h5-14,16,28H,15H2,1-4H3,(H3,25,26,27,29,30,31,32). The van der Waals surface area contributed by atoms with Crippen molar-refractivity contribution >= 4 is 46.3 Å². The molecule has 0 radical (unpaired) electrons. The minimum absolute atomic E-state index is 0.403. The molecule has 0 atom stereocenters. The number of nitrogens with one attached hydrogen (secondary N) is 4. The summed E-state index contributed by atoms with van der Waals surface area (Å²) < 4.78 is 0. The quantitative estimate of drug-likeness (QED) is 0.233. The lowest BCUT2D eigenvalue weighted by molar-refractivity contribution is 0.664. The average Bonchev–Trinajstić information content (AvgIpc) is 2.73. The van der Waals surface area contributed by atoms with E-state index in [4.69, 9.17) is 12.2 Å². The molecule has 0 amide bonds. The summed E-state index contributed by atoms with van der Waals surface area (Å²) in [5.41, 5.74) is 4.66. The van der Waals surface area contributed by atoms with E-state index in [0.717, 1.165) is 28.5 Å². The van der Waals surface area contributed by atoms with Crippen molar-refractivity contribution in [2.24, 2.45) is 10.9 Å². The molecule has 0 bridgehead atoms. The molecular weight excluding hydrogens is 418 g/mol. The van der Waals surface area contributed by atoms with Gasteiger partial charge in [0.2, 0.25) is 11.9 Å². The minimum atomic E-state index is 0.403. The van der Waals surface area contributed by atoms with Crippen LogP contribution in [0.5, 0.6) is 0 Å². The first-order chi connectivity index (χ1) is 15.4. The van der Waals surface area contributed by atoms with Gasteiger partial charge in [0.25, 0.3) is 0 Å². The van der Waals surface area contributed by atoms with Gasteiger partial charge in [0, 0.05) is 35.0 Å². The van der Waals surface area contributed by atoms with Crippen LogP contribution in [0.25, 0.3) is 0 Å². The maximum absolute atomic E-state index is 5.50. The molecule has 2 aromatic carbocycles. The molecule has 0 unspecified atom stereocenters. The molecule has 3 rings (SSSR count). The van der Waals surface area contributed by atoms with Gasteiger partial charge in [0.15, 0.2) is 5.11 Å². The van der Waals surface area contributed by atoms with Crippen LogP contribution < -0.4 is 21.3 Å². The Morgan fingerprint density at radius 2 is 1.47 bits per heavy atom. The third kappa shape index (κ3) is 7.63. The Kier molecular flexibility index (Phi) is 8.10. The van der Waals surface area contributed by atoms with E-state index < -0.39 is 0 Å². The Balaban J connectivity index is 1.63. The first-order valence-electron chi connectivity index (χ1n) is 10.5. The van der Waals surface area contributed by atoms with Gasteiger partial charge in [-0.2, -0.15) is 0 Å². The summed E-state index contributed by atoms with van der Waals surface area (Å²) in [4.78, 5) is 13.4. The highest BCUT2D eigenvalue weighted by molar-refractivity contribution is 7.80. The number of thiocarbonyl (C=S) groups is 1. The fourth-order valence-corrected chi connectivity index (χ4v) is 3.08. The van der Waals surface area contributed by atoms with Crippen LogP contribution in [0.3, 0.4) is 0 Å².